The van der Waals surface area contributed by atoms with E-state index in [1.54, 1.807) is 62.3 Å². The van der Waals surface area contributed by atoms with Crippen molar-refractivity contribution < 1.29 is 69.8 Å². The standard InChI is InChI=1S/C41H68F2N3O14P/c1-11-12-13-14-15-16-17-18-19-20-21-31(47)59-34-29(58-35(41(34,42)43)46-23-22-30(44-36(46)50)45-37(51)60-40(8,9)10)26-55-61(52,56-27-53-32(48)24-38(2,3)4)57-28-54-33(49)25-39(5,6)7/h22-23,29,34-35H,11-21,24-28H2,1-10H3,(H,44,45,50,51)/t29-,34-,35-/m1/s1. The molecule has 61 heavy (non-hydrogen) atoms. The highest BCUT2D eigenvalue weighted by Gasteiger charge is 2.63. The van der Waals surface area contributed by atoms with E-state index in [1.807, 2.05) is 0 Å². The number of alkyl halides is 2. The zero-order valence-electron chi connectivity index (χ0n) is 37.5. The molecule has 0 aliphatic carbocycles. The van der Waals surface area contributed by atoms with Crippen LogP contribution in [-0.2, 0) is 56.2 Å². The van der Waals surface area contributed by atoms with Gasteiger partial charge in [0.05, 0.1) is 19.4 Å². The number of nitrogens with zero attached hydrogens (tertiary/aromatic N) is 2. The highest BCUT2D eigenvalue weighted by molar-refractivity contribution is 7.48. The summed E-state index contributed by atoms with van der Waals surface area (Å²) in [5.74, 6) is -6.86. The van der Waals surface area contributed by atoms with Crippen molar-refractivity contribution in [2.45, 2.75) is 183 Å². The van der Waals surface area contributed by atoms with Crippen LogP contribution in [0.25, 0.3) is 0 Å². The van der Waals surface area contributed by atoms with Gasteiger partial charge in [0.1, 0.15) is 17.5 Å². The number of amides is 1. The number of halogens is 2. The summed E-state index contributed by atoms with van der Waals surface area (Å²) in [7, 11) is -4.92. The molecule has 1 aliphatic heterocycles. The predicted molar refractivity (Wildman–Crippen MR) is 219 cm³/mol. The van der Waals surface area contributed by atoms with Gasteiger partial charge in [-0.05, 0) is 44.1 Å². The second-order valence-corrected chi connectivity index (χ2v) is 20.1. The molecule has 1 N–H and O–H groups in total. The Kier molecular flexibility index (Phi) is 21.4. The molecule has 1 saturated heterocycles. The van der Waals surface area contributed by atoms with Crippen LogP contribution in [-0.4, -0.2) is 77.5 Å². The molecule has 2 rings (SSSR count). The third kappa shape index (κ3) is 21.4. The van der Waals surface area contributed by atoms with Crippen molar-refractivity contribution in [2.24, 2.45) is 10.8 Å². The summed E-state index contributed by atoms with van der Waals surface area (Å²) in [5, 5.41) is 2.25. The fourth-order valence-electron chi connectivity index (χ4n) is 5.83. The van der Waals surface area contributed by atoms with Crippen LogP contribution < -0.4 is 11.0 Å². The maximum atomic E-state index is 16.4. The number of hydrogen-bond donors (Lipinski definition) is 1. The number of hydrogen-bond acceptors (Lipinski definition) is 15. The summed E-state index contributed by atoms with van der Waals surface area (Å²) in [6, 6.07) is 1.05. The Hall–Kier alpha value is -3.51. The molecule has 1 aromatic heterocycles. The Labute approximate surface area is 358 Å². The van der Waals surface area contributed by atoms with Gasteiger partial charge in [0.2, 0.25) is 19.8 Å². The summed E-state index contributed by atoms with van der Waals surface area (Å²) >= 11 is 0. The fourth-order valence-corrected chi connectivity index (χ4v) is 6.75. The largest absolute Gasteiger partial charge is 0.480 e. The lowest BCUT2D eigenvalue weighted by Crippen LogP contribution is -2.44. The van der Waals surface area contributed by atoms with Crippen LogP contribution in [0.4, 0.5) is 19.4 Å². The van der Waals surface area contributed by atoms with Crippen molar-refractivity contribution in [1.82, 2.24) is 9.55 Å². The molecule has 0 aromatic carbocycles. The van der Waals surface area contributed by atoms with Gasteiger partial charge in [-0.25, -0.2) is 23.2 Å². The Morgan fingerprint density at radius 1 is 0.803 bits per heavy atom. The van der Waals surface area contributed by atoms with Crippen LogP contribution in [0.15, 0.2) is 17.1 Å². The molecule has 1 aliphatic rings. The second kappa shape index (κ2) is 24.4. The first-order valence-electron chi connectivity index (χ1n) is 20.9. The number of esters is 3. The number of carbonyl (C=O) groups is 4. The van der Waals surface area contributed by atoms with Crippen LogP contribution in [0, 0.1) is 10.8 Å². The summed E-state index contributed by atoms with van der Waals surface area (Å²) < 4.78 is 88.8. The van der Waals surface area contributed by atoms with Gasteiger partial charge in [0, 0.05) is 12.6 Å². The van der Waals surface area contributed by atoms with E-state index >= 15 is 8.78 Å². The second-order valence-electron chi connectivity index (χ2n) is 18.4. The first-order valence-corrected chi connectivity index (χ1v) is 22.4. The number of aromatic nitrogens is 2. The van der Waals surface area contributed by atoms with Crippen LogP contribution in [0.2, 0.25) is 0 Å². The molecule has 20 heteroatoms. The van der Waals surface area contributed by atoms with E-state index < -0.39 is 98.5 Å². The maximum Gasteiger partial charge on any atom is 0.480 e. The number of anilines is 1. The van der Waals surface area contributed by atoms with Gasteiger partial charge < -0.3 is 23.7 Å². The van der Waals surface area contributed by atoms with E-state index in [4.69, 9.17) is 37.3 Å². The zero-order chi connectivity index (χ0) is 46.1. The topological polar surface area (TPSA) is 206 Å². The molecule has 350 valence electrons. The van der Waals surface area contributed by atoms with Gasteiger partial charge in [-0.2, -0.15) is 13.8 Å². The molecule has 0 bridgehead atoms. The molecule has 1 aromatic rings. The average molecular weight is 896 g/mol. The Morgan fingerprint density at radius 3 is 1.79 bits per heavy atom. The van der Waals surface area contributed by atoms with Crippen molar-refractivity contribution in [2.75, 3.05) is 25.5 Å². The van der Waals surface area contributed by atoms with E-state index in [1.165, 1.54) is 19.3 Å². The Bertz CT molecular complexity index is 1630. The van der Waals surface area contributed by atoms with E-state index in [-0.39, 0.29) is 25.1 Å². The van der Waals surface area contributed by atoms with Crippen LogP contribution in [0.5, 0.6) is 0 Å². The van der Waals surface area contributed by atoms with Crippen LogP contribution in [0.3, 0.4) is 0 Å². The number of phosphoric ester groups is 1. The minimum absolute atomic E-state index is 0.0440. The number of unbranched alkanes of at least 4 members (excludes halogenated alkanes) is 9. The van der Waals surface area contributed by atoms with Crippen molar-refractivity contribution in [3.63, 3.8) is 0 Å². The zero-order valence-corrected chi connectivity index (χ0v) is 38.4. The minimum atomic E-state index is -4.92. The van der Waals surface area contributed by atoms with Gasteiger partial charge in [-0.3, -0.25) is 28.8 Å². The lowest BCUT2D eigenvalue weighted by atomic mass is 9.92. The Morgan fingerprint density at radius 2 is 1.31 bits per heavy atom. The summed E-state index contributed by atoms with van der Waals surface area (Å²) in [6.07, 6.45) is 2.69. The number of carbonyl (C=O) groups excluding carboxylic acids is 4. The Balaban J connectivity index is 2.30. The average Bonchev–Trinajstić information content (AvgIpc) is 3.34. The van der Waals surface area contributed by atoms with Gasteiger partial charge in [0.15, 0.2) is 6.10 Å². The SMILES string of the molecule is CCCCCCCCCCCCC(=O)O[C@@H]1[C@@H](COP(=O)(OCOC(=O)CC(C)(C)C)OCOC(=O)CC(C)(C)C)O[C@@H](n2ccc(NC(=O)OC(C)(C)C)nc2=O)C1(F)F. The van der Waals surface area contributed by atoms with Gasteiger partial charge in [0.25, 0.3) is 0 Å². The molecule has 0 unspecified atom stereocenters. The number of phosphoric acid groups is 1. The number of nitrogens with one attached hydrogen (secondary N) is 1. The molecule has 17 nitrogen and oxygen atoms in total. The lowest BCUT2D eigenvalue weighted by Gasteiger charge is -2.25. The lowest BCUT2D eigenvalue weighted by molar-refractivity contribution is -0.176. The predicted octanol–water partition coefficient (Wildman–Crippen LogP) is 9.38. The molecular formula is C41H68F2N3O14P. The molecule has 1 amide bonds. The highest BCUT2D eigenvalue weighted by atomic mass is 31.2. The van der Waals surface area contributed by atoms with E-state index in [0.717, 1.165) is 44.4 Å². The van der Waals surface area contributed by atoms with Crippen LogP contribution in [0.1, 0.15) is 159 Å². The van der Waals surface area contributed by atoms with Gasteiger partial charge in [-0.15, -0.1) is 0 Å². The third-order valence-corrected chi connectivity index (χ3v) is 9.97. The monoisotopic (exact) mass is 895 g/mol. The normalized spacial score (nSPS) is 18.1. The highest BCUT2D eigenvalue weighted by Crippen LogP contribution is 2.52. The molecular weight excluding hydrogens is 827 g/mol. The van der Waals surface area contributed by atoms with E-state index in [9.17, 15) is 28.5 Å². The molecule has 3 atom stereocenters. The van der Waals surface area contributed by atoms with Gasteiger partial charge in [-0.1, -0.05) is 106 Å². The summed E-state index contributed by atoms with van der Waals surface area (Å²) in [5.41, 5.74) is -3.10. The maximum absolute atomic E-state index is 16.4. The fraction of sp³-hybridized carbons (Fsp3) is 0.805. The van der Waals surface area contributed by atoms with Gasteiger partial charge >= 0.3 is 43.4 Å². The van der Waals surface area contributed by atoms with Crippen molar-refractivity contribution in [3.8, 4) is 0 Å². The first kappa shape index (κ1) is 53.6. The number of ether oxygens (including phenoxy) is 5. The van der Waals surface area contributed by atoms with E-state index in [0.29, 0.717) is 17.4 Å². The minimum Gasteiger partial charge on any atom is -0.453 e. The molecule has 0 saturated carbocycles. The molecule has 0 radical (unpaired) electrons. The first-order chi connectivity index (χ1) is 28.2. The third-order valence-electron chi connectivity index (χ3n) is 8.66. The van der Waals surface area contributed by atoms with E-state index in [2.05, 4.69) is 17.2 Å². The summed E-state index contributed by atoms with van der Waals surface area (Å²) in [6.45, 7) is 14.7. The van der Waals surface area contributed by atoms with Crippen molar-refractivity contribution >= 4 is 37.6 Å². The molecule has 2 heterocycles. The quantitative estimate of drug-likeness (QED) is 0.0319. The smallest absolute Gasteiger partial charge is 0.453 e. The molecule has 0 spiro atoms. The molecule has 1 fully saturated rings. The van der Waals surface area contributed by atoms with Crippen LogP contribution >= 0.6 is 7.82 Å². The summed E-state index contributed by atoms with van der Waals surface area (Å²) in [4.78, 5) is 66.7. The van der Waals surface area contributed by atoms with Crippen molar-refractivity contribution in [1.29, 1.82) is 0 Å². The van der Waals surface area contributed by atoms with Crippen molar-refractivity contribution in [3.05, 3.63) is 22.7 Å². The number of rotatable bonds is 25.